The van der Waals surface area contributed by atoms with Gasteiger partial charge in [-0.05, 0) is 40.0 Å². The maximum Gasteiger partial charge on any atom is 0.244 e. The summed E-state index contributed by atoms with van der Waals surface area (Å²) in [6.45, 7) is 7.88. The summed E-state index contributed by atoms with van der Waals surface area (Å²) in [7, 11) is 0. The third-order valence-corrected chi connectivity index (χ3v) is 2.60. The zero-order chi connectivity index (χ0) is 12.9. The van der Waals surface area contributed by atoms with Crippen LogP contribution in [0.25, 0.3) is 0 Å². The van der Waals surface area contributed by atoms with Crippen LogP contribution in [0.5, 0.6) is 0 Å². The largest absolute Gasteiger partial charge is 0.370 e. The molecule has 0 unspecified atom stereocenters. The zero-order valence-corrected chi connectivity index (χ0v) is 13.9. The number of carbonyl (C=O) groups excluding carboxylic acids is 1. The van der Waals surface area contributed by atoms with Crippen molar-refractivity contribution in [3.8, 4) is 0 Å². The maximum atomic E-state index is 11.8. The Hall–Kier alpha value is -0.530. The van der Waals surface area contributed by atoms with E-state index in [1.54, 1.807) is 0 Å². The SMILES string of the molecule is CC(C)(C)NC(N)=NCC(=O)N1CCCCC1.I. The van der Waals surface area contributed by atoms with E-state index in [2.05, 4.69) is 10.3 Å². The van der Waals surface area contributed by atoms with Crippen LogP contribution in [0.4, 0.5) is 0 Å². The molecule has 0 spiro atoms. The molecule has 1 aliphatic rings. The van der Waals surface area contributed by atoms with Gasteiger partial charge < -0.3 is 16.0 Å². The van der Waals surface area contributed by atoms with Gasteiger partial charge in [-0.25, -0.2) is 4.99 Å². The minimum absolute atomic E-state index is 0. The second-order valence-electron chi connectivity index (χ2n) is 5.52. The van der Waals surface area contributed by atoms with Gasteiger partial charge in [-0.2, -0.15) is 0 Å². The summed E-state index contributed by atoms with van der Waals surface area (Å²) in [5, 5.41) is 3.03. The fourth-order valence-corrected chi connectivity index (χ4v) is 1.82. The second-order valence-corrected chi connectivity index (χ2v) is 5.52. The first-order valence-electron chi connectivity index (χ1n) is 6.24. The second kappa shape index (κ2) is 7.81. The van der Waals surface area contributed by atoms with Crippen molar-refractivity contribution in [1.29, 1.82) is 0 Å². The summed E-state index contributed by atoms with van der Waals surface area (Å²) < 4.78 is 0. The van der Waals surface area contributed by atoms with E-state index in [1.807, 2.05) is 25.7 Å². The fourth-order valence-electron chi connectivity index (χ4n) is 1.82. The van der Waals surface area contributed by atoms with Gasteiger partial charge in [0.25, 0.3) is 0 Å². The number of guanidine groups is 1. The number of piperidine rings is 1. The normalized spacial score (nSPS) is 17.1. The molecule has 1 fully saturated rings. The Kier molecular flexibility index (Phi) is 7.58. The molecule has 0 saturated carbocycles. The average Bonchev–Trinajstić information content (AvgIpc) is 2.25. The molecule has 1 amide bonds. The summed E-state index contributed by atoms with van der Waals surface area (Å²) in [5.41, 5.74) is 5.58. The van der Waals surface area contributed by atoms with Crippen molar-refractivity contribution in [3.05, 3.63) is 0 Å². The molecule has 0 bridgehead atoms. The molecule has 0 aliphatic carbocycles. The van der Waals surface area contributed by atoms with Crippen LogP contribution in [0, 0.1) is 0 Å². The summed E-state index contributed by atoms with van der Waals surface area (Å²) >= 11 is 0. The van der Waals surface area contributed by atoms with Crippen molar-refractivity contribution in [2.75, 3.05) is 19.6 Å². The number of hydrogen-bond donors (Lipinski definition) is 2. The van der Waals surface area contributed by atoms with Crippen molar-refractivity contribution >= 4 is 35.8 Å². The number of nitrogens with two attached hydrogens (primary N) is 1. The molecule has 5 nitrogen and oxygen atoms in total. The van der Waals surface area contributed by atoms with Crippen LogP contribution in [-0.4, -0.2) is 41.9 Å². The third-order valence-electron chi connectivity index (χ3n) is 2.60. The fraction of sp³-hybridized carbons (Fsp3) is 0.833. The van der Waals surface area contributed by atoms with Crippen molar-refractivity contribution in [2.24, 2.45) is 10.7 Å². The summed E-state index contributed by atoms with van der Waals surface area (Å²) in [4.78, 5) is 17.8. The van der Waals surface area contributed by atoms with Gasteiger partial charge >= 0.3 is 0 Å². The number of aliphatic imine (C=N–C) groups is 1. The van der Waals surface area contributed by atoms with E-state index in [0.717, 1.165) is 25.9 Å². The highest BCUT2D eigenvalue weighted by molar-refractivity contribution is 14.0. The number of carbonyl (C=O) groups is 1. The highest BCUT2D eigenvalue weighted by Crippen LogP contribution is 2.08. The van der Waals surface area contributed by atoms with Crippen LogP contribution in [0.2, 0.25) is 0 Å². The molecule has 0 radical (unpaired) electrons. The van der Waals surface area contributed by atoms with Gasteiger partial charge in [0.15, 0.2) is 5.96 Å². The van der Waals surface area contributed by atoms with Crippen molar-refractivity contribution < 1.29 is 4.79 Å². The minimum Gasteiger partial charge on any atom is -0.370 e. The Morgan fingerprint density at radius 3 is 2.33 bits per heavy atom. The van der Waals surface area contributed by atoms with Crippen molar-refractivity contribution in [2.45, 2.75) is 45.6 Å². The number of rotatable bonds is 2. The lowest BCUT2D eigenvalue weighted by molar-refractivity contribution is -0.130. The Labute approximate surface area is 127 Å². The predicted octanol–water partition coefficient (Wildman–Crippen LogP) is 1.32. The third kappa shape index (κ3) is 7.03. The van der Waals surface area contributed by atoms with Gasteiger partial charge in [0.2, 0.25) is 5.91 Å². The first kappa shape index (κ1) is 17.5. The lowest BCUT2D eigenvalue weighted by Crippen LogP contribution is -2.45. The molecule has 1 rings (SSSR count). The Morgan fingerprint density at radius 2 is 1.83 bits per heavy atom. The predicted molar refractivity (Wildman–Crippen MR) is 85.2 cm³/mol. The van der Waals surface area contributed by atoms with E-state index in [9.17, 15) is 4.79 Å². The van der Waals surface area contributed by atoms with Crippen molar-refractivity contribution in [1.82, 2.24) is 10.2 Å². The van der Waals surface area contributed by atoms with E-state index >= 15 is 0 Å². The van der Waals surface area contributed by atoms with Crippen LogP contribution in [0.3, 0.4) is 0 Å². The Balaban J connectivity index is 0.00000289. The van der Waals surface area contributed by atoms with Gasteiger partial charge in [0.05, 0.1) is 0 Å². The Morgan fingerprint density at radius 1 is 1.28 bits per heavy atom. The standard InChI is InChI=1S/C12H24N4O.HI/c1-12(2,3)15-11(13)14-9-10(17)16-7-5-4-6-8-16;/h4-9H2,1-3H3,(H3,13,14,15);1H. The maximum absolute atomic E-state index is 11.8. The van der Waals surface area contributed by atoms with Crippen LogP contribution >= 0.6 is 24.0 Å². The Bertz CT molecular complexity index is 293. The summed E-state index contributed by atoms with van der Waals surface area (Å²) in [5.74, 6) is 0.409. The van der Waals surface area contributed by atoms with Crippen LogP contribution in [-0.2, 0) is 4.79 Å². The number of nitrogens with zero attached hydrogens (tertiary/aromatic N) is 2. The highest BCUT2D eigenvalue weighted by atomic mass is 127. The lowest BCUT2D eigenvalue weighted by Gasteiger charge is -2.26. The summed E-state index contributed by atoms with van der Waals surface area (Å²) in [6.07, 6.45) is 3.43. The van der Waals surface area contributed by atoms with E-state index in [1.165, 1.54) is 6.42 Å². The molecule has 3 N–H and O–H groups in total. The van der Waals surface area contributed by atoms with Gasteiger partial charge in [-0.1, -0.05) is 0 Å². The molecular weight excluding hydrogens is 343 g/mol. The first-order chi connectivity index (χ1) is 7.88. The molecule has 1 aliphatic heterocycles. The molecule has 0 aromatic rings. The van der Waals surface area contributed by atoms with Gasteiger partial charge in [-0.3, -0.25) is 4.79 Å². The number of hydrogen-bond acceptors (Lipinski definition) is 2. The molecule has 0 aromatic heterocycles. The molecule has 1 heterocycles. The van der Waals surface area contributed by atoms with E-state index in [-0.39, 0.29) is 42.0 Å². The van der Waals surface area contributed by atoms with Crippen LogP contribution in [0.15, 0.2) is 4.99 Å². The smallest absolute Gasteiger partial charge is 0.244 e. The minimum atomic E-state index is -0.123. The van der Waals surface area contributed by atoms with Gasteiger partial charge in [0, 0.05) is 18.6 Å². The molecule has 18 heavy (non-hydrogen) atoms. The quantitative estimate of drug-likeness (QED) is 0.439. The molecule has 6 heteroatoms. The van der Waals surface area contributed by atoms with E-state index in [4.69, 9.17) is 5.73 Å². The molecule has 106 valence electrons. The van der Waals surface area contributed by atoms with Gasteiger partial charge in [-0.15, -0.1) is 24.0 Å². The number of likely N-dealkylation sites (tertiary alicyclic amines) is 1. The number of amides is 1. The van der Waals surface area contributed by atoms with Crippen LogP contribution in [0.1, 0.15) is 40.0 Å². The average molecular weight is 368 g/mol. The first-order valence-corrected chi connectivity index (χ1v) is 6.24. The monoisotopic (exact) mass is 368 g/mol. The number of halogens is 1. The molecule has 1 saturated heterocycles. The van der Waals surface area contributed by atoms with Crippen molar-refractivity contribution in [3.63, 3.8) is 0 Å². The van der Waals surface area contributed by atoms with Crippen LogP contribution < -0.4 is 11.1 Å². The molecule has 0 atom stereocenters. The highest BCUT2D eigenvalue weighted by Gasteiger charge is 2.16. The van der Waals surface area contributed by atoms with E-state index < -0.39 is 0 Å². The summed E-state index contributed by atoms with van der Waals surface area (Å²) in [6, 6.07) is 0. The molecule has 0 aromatic carbocycles. The topological polar surface area (TPSA) is 70.7 Å². The number of nitrogens with one attached hydrogen (secondary N) is 1. The lowest BCUT2D eigenvalue weighted by atomic mass is 10.1. The molecular formula is C12H25IN4O. The van der Waals surface area contributed by atoms with E-state index in [0.29, 0.717) is 5.96 Å². The van der Waals surface area contributed by atoms with Gasteiger partial charge in [0.1, 0.15) is 6.54 Å². The zero-order valence-electron chi connectivity index (χ0n) is 11.5.